The van der Waals surface area contributed by atoms with E-state index in [2.05, 4.69) is 10.6 Å². The molecule has 1 rings (SSSR count). The average molecular weight is 356 g/mol. The normalized spacial score (nSPS) is 10.7. The number of hydrogen-bond donors (Lipinski definition) is 5. The summed E-state index contributed by atoms with van der Waals surface area (Å²) in [5.41, 5.74) is 5.04. The number of hydrogen-bond acceptors (Lipinski definition) is 6. The van der Waals surface area contributed by atoms with Crippen molar-refractivity contribution in [1.82, 2.24) is 10.6 Å². The molecule has 0 aliphatic rings. The number of carboxylic acids is 1. The molecule has 1 atom stereocenters. The summed E-state index contributed by atoms with van der Waals surface area (Å²) in [6.45, 7) is 0.529. The Morgan fingerprint density at radius 2 is 1.60 bits per heavy atom. The van der Waals surface area contributed by atoms with Crippen molar-refractivity contribution in [3.63, 3.8) is 0 Å². The first kappa shape index (κ1) is 22.3. The van der Waals surface area contributed by atoms with Gasteiger partial charge in [-0.2, -0.15) is 0 Å². The lowest BCUT2D eigenvalue weighted by molar-refractivity contribution is -0.139. The van der Waals surface area contributed by atoms with Crippen molar-refractivity contribution in [3.8, 4) is 17.2 Å². The summed E-state index contributed by atoms with van der Waals surface area (Å²) in [6, 6.07) is 4.86. The van der Waals surface area contributed by atoms with Crippen molar-refractivity contribution in [2.45, 2.75) is 18.9 Å². The van der Waals surface area contributed by atoms with E-state index in [-0.39, 0.29) is 5.96 Å². The summed E-state index contributed by atoms with van der Waals surface area (Å²) in [7, 11) is 6.42. The lowest BCUT2D eigenvalue weighted by Gasteiger charge is -2.10. The van der Waals surface area contributed by atoms with Crippen LogP contribution in [0.3, 0.4) is 0 Å². The monoisotopic (exact) mass is 356 g/mol. The predicted octanol–water partition coefficient (Wildman–Crippen LogP) is 0.635. The summed E-state index contributed by atoms with van der Waals surface area (Å²) in [5, 5.41) is 20.8. The van der Waals surface area contributed by atoms with E-state index in [1.165, 1.54) is 0 Å². The maximum Gasteiger partial charge on any atom is 0.320 e. The Morgan fingerprint density at radius 3 is 1.88 bits per heavy atom. The molecule has 0 fully saturated rings. The van der Waals surface area contributed by atoms with Gasteiger partial charge >= 0.3 is 5.97 Å². The second-order valence-corrected chi connectivity index (χ2v) is 4.91. The largest absolute Gasteiger partial charge is 0.496 e. The number of aliphatic carboxylic acids is 1. The smallest absolute Gasteiger partial charge is 0.320 e. The van der Waals surface area contributed by atoms with Gasteiger partial charge in [-0.25, -0.2) is 0 Å². The van der Waals surface area contributed by atoms with Crippen LogP contribution in [0, 0.1) is 5.41 Å². The molecule has 1 aromatic carbocycles. The van der Waals surface area contributed by atoms with Crippen molar-refractivity contribution in [2.24, 2.45) is 5.73 Å². The summed E-state index contributed by atoms with van der Waals surface area (Å²) in [5.74, 6) is 1.24. The van der Waals surface area contributed by atoms with Crippen molar-refractivity contribution in [2.75, 3.05) is 34.9 Å². The van der Waals surface area contributed by atoms with Crippen molar-refractivity contribution >= 4 is 11.9 Å². The third-order valence-corrected chi connectivity index (χ3v) is 3.19. The number of methoxy groups -OCH3 is 3. The number of carboxylic acid groups (broad SMARTS) is 1. The highest BCUT2D eigenvalue weighted by molar-refractivity contribution is 5.74. The molecule has 0 heterocycles. The lowest BCUT2D eigenvalue weighted by atomic mass is 10.1. The van der Waals surface area contributed by atoms with E-state index in [1.54, 1.807) is 46.6 Å². The molecule has 0 aliphatic carbocycles. The fraction of sp³-hybridized carbons (Fsp3) is 0.500. The zero-order valence-corrected chi connectivity index (χ0v) is 15.1. The molecule has 0 saturated heterocycles. The van der Waals surface area contributed by atoms with E-state index in [0.717, 1.165) is 17.2 Å². The number of ether oxygens (including phenoxy) is 3. The molecule has 25 heavy (non-hydrogen) atoms. The molecular weight excluding hydrogens is 328 g/mol. The molecule has 6 N–H and O–H groups in total. The summed E-state index contributed by atoms with van der Waals surface area (Å²) >= 11 is 0. The molecule has 9 nitrogen and oxygen atoms in total. The van der Waals surface area contributed by atoms with Gasteiger partial charge in [0, 0.05) is 24.7 Å². The topological polar surface area (TPSA) is 139 Å². The SMILES string of the molecule is CNC(CCCNC(=N)N)C(=O)O.COc1cc(OC)cc(OC)c1. The number of nitrogens with two attached hydrogens (primary N) is 1. The Labute approximate surface area is 148 Å². The van der Waals surface area contributed by atoms with Gasteiger partial charge < -0.3 is 35.7 Å². The Hall–Kier alpha value is -2.68. The zero-order valence-electron chi connectivity index (χ0n) is 15.1. The van der Waals surface area contributed by atoms with Crippen LogP contribution in [0.2, 0.25) is 0 Å². The minimum atomic E-state index is -0.856. The van der Waals surface area contributed by atoms with E-state index >= 15 is 0 Å². The van der Waals surface area contributed by atoms with Crippen LogP contribution in [-0.4, -0.2) is 58.0 Å². The van der Waals surface area contributed by atoms with Gasteiger partial charge in [0.2, 0.25) is 0 Å². The van der Waals surface area contributed by atoms with Gasteiger partial charge in [-0.3, -0.25) is 10.2 Å². The molecule has 142 valence electrons. The highest BCUT2D eigenvalue weighted by Gasteiger charge is 2.13. The number of nitrogens with one attached hydrogen (secondary N) is 3. The third-order valence-electron chi connectivity index (χ3n) is 3.19. The van der Waals surface area contributed by atoms with E-state index in [4.69, 9.17) is 30.5 Å². The van der Waals surface area contributed by atoms with Crippen molar-refractivity contribution < 1.29 is 24.1 Å². The summed E-state index contributed by atoms with van der Waals surface area (Å²) in [4.78, 5) is 10.5. The Balaban J connectivity index is 0.000000462. The van der Waals surface area contributed by atoms with Crippen LogP contribution in [0.1, 0.15) is 12.8 Å². The number of likely N-dealkylation sites (N-methyl/N-ethyl adjacent to an activating group) is 1. The maximum absolute atomic E-state index is 10.5. The molecule has 0 aliphatic heterocycles. The Bertz CT molecular complexity index is 484. The van der Waals surface area contributed by atoms with Gasteiger partial charge in [0.1, 0.15) is 23.3 Å². The van der Waals surface area contributed by atoms with Gasteiger partial charge in [0.15, 0.2) is 5.96 Å². The fourth-order valence-electron chi connectivity index (χ4n) is 1.82. The van der Waals surface area contributed by atoms with Gasteiger partial charge in [-0.1, -0.05) is 0 Å². The van der Waals surface area contributed by atoms with Crippen molar-refractivity contribution in [1.29, 1.82) is 5.41 Å². The molecule has 0 aromatic heterocycles. The van der Waals surface area contributed by atoms with Crippen LogP contribution in [0.15, 0.2) is 18.2 Å². The van der Waals surface area contributed by atoms with Gasteiger partial charge in [-0.15, -0.1) is 0 Å². The first-order chi connectivity index (χ1) is 11.9. The maximum atomic E-state index is 10.5. The number of rotatable bonds is 9. The van der Waals surface area contributed by atoms with E-state index in [0.29, 0.717) is 19.4 Å². The molecule has 0 saturated carbocycles. The second kappa shape index (κ2) is 12.7. The summed E-state index contributed by atoms with van der Waals surface area (Å²) in [6.07, 6.45) is 1.18. The molecule has 9 heteroatoms. The van der Waals surface area contributed by atoms with Crippen LogP contribution < -0.4 is 30.6 Å². The predicted molar refractivity (Wildman–Crippen MR) is 95.7 cm³/mol. The van der Waals surface area contributed by atoms with Crippen LogP contribution in [0.5, 0.6) is 17.2 Å². The number of carbonyl (C=O) groups is 1. The van der Waals surface area contributed by atoms with Crippen LogP contribution in [0.4, 0.5) is 0 Å². The quantitative estimate of drug-likeness (QED) is 0.247. The van der Waals surface area contributed by atoms with E-state index in [1.807, 2.05) is 0 Å². The molecule has 1 aromatic rings. The molecular formula is C16H28N4O5. The first-order valence-electron chi connectivity index (χ1n) is 7.62. The van der Waals surface area contributed by atoms with Crippen molar-refractivity contribution in [3.05, 3.63) is 18.2 Å². The fourth-order valence-corrected chi connectivity index (χ4v) is 1.82. The minimum absolute atomic E-state index is 0.0867. The van der Waals surface area contributed by atoms with Crippen LogP contribution in [-0.2, 0) is 4.79 Å². The molecule has 1 unspecified atom stereocenters. The highest BCUT2D eigenvalue weighted by Crippen LogP contribution is 2.26. The Kier molecular flexibility index (Phi) is 11.3. The average Bonchev–Trinajstić information content (AvgIpc) is 2.61. The number of benzene rings is 1. The first-order valence-corrected chi connectivity index (χ1v) is 7.62. The molecule has 0 amide bonds. The summed E-state index contributed by atoms with van der Waals surface area (Å²) < 4.78 is 15.1. The van der Waals surface area contributed by atoms with Gasteiger partial charge in [0.25, 0.3) is 0 Å². The molecule has 0 spiro atoms. The lowest BCUT2D eigenvalue weighted by Crippen LogP contribution is -2.36. The minimum Gasteiger partial charge on any atom is -0.496 e. The van der Waals surface area contributed by atoms with Crippen LogP contribution >= 0.6 is 0 Å². The molecule has 0 bridgehead atoms. The standard InChI is InChI=1S/C9H12O3.C7H16N4O2/c1-10-7-4-8(11-2)6-9(5-7)12-3;1-10-5(6(12)13)3-2-4-11-7(8)9/h4-6H,1-3H3;5,10H,2-4H2,1H3,(H,12,13)(H4,8,9,11). The second-order valence-electron chi connectivity index (χ2n) is 4.91. The highest BCUT2D eigenvalue weighted by atomic mass is 16.5. The van der Waals surface area contributed by atoms with Gasteiger partial charge in [-0.05, 0) is 19.9 Å². The van der Waals surface area contributed by atoms with Gasteiger partial charge in [0.05, 0.1) is 21.3 Å². The Morgan fingerprint density at radius 1 is 1.16 bits per heavy atom. The van der Waals surface area contributed by atoms with Crippen LogP contribution in [0.25, 0.3) is 0 Å². The van der Waals surface area contributed by atoms with E-state index < -0.39 is 12.0 Å². The molecule has 0 radical (unpaired) electrons. The van der Waals surface area contributed by atoms with E-state index in [9.17, 15) is 4.79 Å². The zero-order chi connectivity index (χ0) is 19.2. The number of guanidine groups is 1. The third kappa shape index (κ3) is 9.92.